The number of para-hydroxylation sites is 2. The third-order valence-electron chi connectivity index (χ3n) is 6.33. The highest BCUT2D eigenvalue weighted by Gasteiger charge is 2.52. The van der Waals surface area contributed by atoms with Gasteiger partial charge in [-0.3, -0.25) is 14.5 Å². The number of carbonyl (C=O) groups is 4. The molecule has 2 amide bonds. The maximum absolute atomic E-state index is 13.3. The van der Waals surface area contributed by atoms with Gasteiger partial charge < -0.3 is 29.0 Å². The highest BCUT2D eigenvalue weighted by atomic mass is 16.6. The molecule has 11 nitrogen and oxygen atoms in total. The van der Waals surface area contributed by atoms with Gasteiger partial charge in [-0.25, -0.2) is 9.59 Å². The maximum Gasteiger partial charge on any atom is 0.355 e. The summed E-state index contributed by atoms with van der Waals surface area (Å²) >= 11 is 0. The lowest BCUT2D eigenvalue weighted by Crippen LogP contribution is -2.72. The van der Waals surface area contributed by atoms with Crippen LogP contribution in [0.3, 0.4) is 0 Å². The first-order valence-electron chi connectivity index (χ1n) is 14.0. The zero-order valence-corrected chi connectivity index (χ0v) is 24.5. The molecule has 1 heterocycles. The number of esters is 2. The first kappa shape index (κ1) is 31.8. The van der Waals surface area contributed by atoms with Crippen molar-refractivity contribution in [1.29, 1.82) is 0 Å². The summed E-state index contributed by atoms with van der Waals surface area (Å²) < 4.78 is 27.4. The molecule has 3 aromatic carbocycles. The van der Waals surface area contributed by atoms with Crippen LogP contribution in [0.1, 0.15) is 19.4 Å². The normalized spacial score (nSPS) is 15.4. The van der Waals surface area contributed by atoms with E-state index in [1.165, 1.54) is 0 Å². The lowest BCUT2D eigenvalue weighted by molar-refractivity contribution is -0.185. The monoisotopic (exact) mass is 602 g/mol. The molecule has 0 aromatic heterocycles. The van der Waals surface area contributed by atoms with Crippen LogP contribution in [0.15, 0.2) is 102 Å². The Hall–Kier alpha value is -5.16. The third kappa shape index (κ3) is 8.92. The molecule has 11 heteroatoms. The number of ether oxygens (including phenoxy) is 5. The van der Waals surface area contributed by atoms with E-state index in [0.717, 1.165) is 10.5 Å². The fraction of sp³-hybridized carbons (Fsp3) is 0.273. The van der Waals surface area contributed by atoms with Crippen LogP contribution in [0.4, 0.5) is 0 Å². The maximum atomic E-state index is 13.3. The molecule has 1 aliphatic heterocycles. The van der Waals surface area contributed by atoms with Crippen molar-refractivity contribution >= 4 is 23.8 Å². The highest BCUT2D eigenvalue weighted by Crippen LogP contribution is 2.29. The minimum absolute atomic E-state index is 0.00199. The summed E-state index contributed by atoms with van der Waals surface area (Å²) in [6.07, 6.45) is -1.07. The van der Waals surface area contributed by atoms with E-state index >= 15 is 0 Å². The molecule has 1 N–H and O–H groups in total. The Morgan fingerprint density at radius 3 is 1.91 bits per heavy atom. The van der Waals surface area contributed by atoms with Gasteiger partial charge in [-0.1, -0.05) is 66.7 Å². The first-order valence-corrected chi connectivity index (χ1v) is 14.0. The van der Waals surface area contributed by atoms with Crippen LogP contribution < -0.4 is 14.8 Å². The van der Waals surface area contributed by atoms with Crippen molar-refractivity contribution in [2.24, 2.45) is 0 Å². The Kier molecular flexibility index (Phi) is 11.5. The second kappa shape index (κ2) is 15.9. The second-order valence-electron chi connectivity index (χ2n) is 9.85. The predicted octanol–water partition coefficient (Wildman–Crippen LogP) is 3.39. The van der Waals surface area contributed by atoms with Crippen molar-refractivity contribution in [3.8, 4) is 11.5 Å². The van der Waals surface area contributed by atoms with E-state index in [2.05, 4.69) is 5.32 Å². The molecule has 4 rings (SSSR count). The summed E-state index contributed by atoms with van der Waals surface area (Å²) in [5, 5.41) is 2.61. The SMILES string of the molecule is CC(C)=C(C(=O)OCc1ccccc1)N1C(=O)[C@H](NC(=O)COc2ccccc2)[C@@H]1OCCOC(=O)COc1ccccc1. The number of benzene rings is 3. The van der Waals surface area contributed by atoms with Crippen LogP contribution in [-0.2, 0) is 40.0 Å². The van der Waals surface area contributed by atoms with Gasteiger partial charge in [0.2, 0.25) is 0 Å². The quantitative estimate of drug-likeness (QED) is 0.120. The number of hydrogen-bond acceptors (Lipinski definition) is 9. The molecule has 0 radical (unpaired) electrons. The minimum Gasteiger partial charge on any atom is -0.484 e. The smallest absolute Gasteiger partial charge is 0.355 e. The number of likely N-dealkylation sites (tertiary alicyclic amines) is 1. The van der Waals surface area contributed by atoms with Crippen LogP contribution in [0.2, 0.25) is 0 Å². The van der Waals surface area contributed by atoms with Crippen molar-refractivity contribution in [2.45, 2.75) is 32.7 Å². The first-order chi connectivity index (χ1) is 21.3. The Balaban J connectivity index is 1.37. The molecule has 2 atom stereocenters. The number of allylic oxidation sites excluding steroid dienone is 1. The zero-order chi connectivity index (χ0) is 31.3. The van der Waals surface area contributed by atoms with Gasteiger partial charge in [0.1, 0.15) is 30.4 Å². The zero-order valence-electron chi connectivity index (χ0n) is 24.5. The largest absolute Gasteiger partial charge is 0.484 e. The highest BCUT2D eigenvalue weighted by molar-refractivity contribution is 6.01. The van der Waals surface area contributed by atoms with E-state index in [4.69, 9.17) is 23.7 Å². The fourth-order valence-corrected chi connectivity index (χ4v) is 4.25. The summed E-state index contributed by atoms with van der Waals surface area (Å²) in [6, 6.07) is 25.6. The lowest BCUT2D eigenvalue weighted by Gasteiger charge is -2.46. The molecular formula is C33H34N2O9. The van der Waals surface area contributed by atoms with Gasteiger partial charge in [0, 0.05) is 0 Å². The molecule has 1 aliphatic rings. The van der Waals surface area contributed by atoms with Crippen molar-refractivity contribution in [3.05, 3.63) is 108 Å². The fourth-order valence-electron chi connectivity index (χ4n) is 4.25. The number of amides is 2. The number of nitrogens with zero attached hydrogens (tertiary/aromatic N) is 1. The van der Waals surface area contributed by atoms with Crippen LogP contribution in [0, 0.1) is 0 Å². The Morgan fingerprint density at radius 1 is 0.750 bits per heavy atom. The average molecular weight is 603 g/mol. The molecule has 3 aromatic rings. The summed E-state index contributed by atoms with van der Waals surface area (Å²) in [5.41, 5.74) is 1.28. The van der Waals surface area contributed by atoms with Crippen LogP contribution in [0.5, 0.6) is 11.5 Å². The molecular weight excluding hydrogens is 568 g/mol. The van der Waals surface area contributed by atoms with Gasteiger partial charge in [0.25, 0.3) is 11.8 Å². The standard InChI is InChI=1S/C33H34N2O9/c1-23(2)30(33(39)44-20-24-12-6-3-7-13-24)35-31(38)29(34-27(36)21-42-25-14-8-4-9-15-25)32(35)41-19-18-40-28(37)22-43-26-16-10-5-11-17-26/h3-17,29,32H,18-22H2,1-2H3,(H,34,36)/t29-,32-/m0/s1. The molecule has 0 bridgehead atoms. The van der Waals surface area contributed by atoms with Crippen molar-refractivity contribution in [2.75, 3.05) is 26.4 Å². The summed E-state index contributed by atoms with van der Waals surface area (Å²) in [5.74, 6) is -1.45. The Bertz CT molecular complexity index is 1440. The van der Waals surface area contributed by atoms with E-state index in [0.29, 0.717) is 17.1 Å². The number of β-lactam (4-membered cyclic amide) rings is 1. The molecule has 0 saturated carbocycles. The molecule has 44 heavy (non-hydrogen) atoms. The van der Waals surface area contributed by atoms with Gasteiger partial charge >= 0.3 is 11.9 Å². The minimum atomic E-state index is -1.12. The number of rotatable bonds is 15. The van der Waals surface area contributed by atoms with E-state index in [1.54, 1.807) is 62.4 Å². The van der Waals surface area contributed by atoms with Gasteiger partial charge in [-0.2, -0.15) is 0 Å². The summed E-state index contributed by atoms with van der Waals surface area (Å²) in [7, 11) is 0. The number of nitrogens with one attached hydrogen (secondary N) is 1. The lowest BCUT2D eigenvalue weighted by atomic mass is 10.0. The van der Waals surface area contributed by atoms with Gasteiger partial charge in [0.05, 0.1) is 6.61 Å². The molecule has 0 spiro atoms. The van der Waals surface area contributed by atoms with E-state index < -0.39 is 36.0 Å². The van der Waals surface area contributed by atoms with Crippen LogP contribution in [-0.4, -0.2) is 67.4 Å². The van der Waals surface area contributed by atoms with Crippen molar-refractivity contribution in [3.63, 3.8) is 0 Å². The molecule has 1 saturated heterocycles. The second-order valence-corrected chi connectivity index (χ2v) is 9.85. The third-order valence-corrected chi connectivity index (χ3v) is 6.33. The summed E-state index contributed by atoms with van der Waals surface area (Å²) in [4.78, 5) is 52.4. The van der Waals surface area contributed by atoms with Crippen LogP contribution >= 0.6 is 0 Å². The van der Waals surface area contributed by atoms with Crippen molar-refractivity contribution < 1.29 is 42.9 Å². The van der Waals surface area contributed by atoms with Gasteiger partial charge in [-0.05, 0) is 49.2 Å². The van der Waals surface area contributed by atoms with Gasteiger partial charge in [-0.15, -0.1) is 0 Å². The van der Waals surface area contributed by atoms with E-state index in [1.807, 2.05) is 42.5 Å². The van der Waals surface area contributed by atoms with Crippen molar-refractivity contribution in [1.82, 2.24) is 10.2 Å². The molecule has 0 unspecified atom stereocenters. The molecule has 230 valence electrons. The summed E-state index contributed by atoms with van der Waals surface area (Å²) in [6.45, 7) is 2.40. The topological polar surface area (TPSA) is 130 Å². The Morgan fingerprint density at radius 2 is 1.32 bits per heavy atom. The molecule has 1 fully saturated rings. The van der Waals surface area contributed by atoms with E-state index in [9.17, 15) is 19.2 Å². The predicted molar refractivity (Wildman–Crippen MR) is 158 cm³/mol. The average Bonchev–Trinajstić information content (AvgIpc) is 3.05. The van der Waals surface area contributed by atoms with E-state index in [-0.39, 0.29) is 38.7 Å². The molecule has 0 aliphatic carbocycles. The number of carbonyl (C=O) groups excluding carboxylic acids is 4. The van der Waals surface area contributed by atoms with Gasteiger partial charge in [0.15, 0.2) is 25.5 Å². The number of hydrogen-bond donors (Lipinski definition) is 1. The van der Waals surface area contributed by atoms with Crippen LogP contribution in [0.25, 0.3) is 0 Å². The Labute approximate surface area is 255 Å².